The first kappa shape index (κ1) is 29.9. The van der Waals surface area contributed by atoms with Crippen LogP contribution in [0.1, 0.15) is 32.6 Å². The summed E-state index contributed by atoms with van der Waals surface area (Å²) in [7, 11) is 0. The summed E-state index contributed by atoms with van der Waals surface area (Å²) in [4.78, 5) is -0.129. The standard InChI is InChI=1S/C16H17F16N/c1-10(6-11(21,22)15(29,30)13(25,26)8(17)18)4-2-3-5-33(10)7-12(23,24)16(31,32)14(27,28)9(19)20/h8-9H,2-7H2,1H3. The molecule has 0 amide bonds. The van der Waals surface area contributed by atoms with Crippen molar-refractivity contribution in [2.24, 2.45) is 0 Å². The van der Waals surface area contributed by atoms with Gasteiger partial charge in [0.05, 0.1) is 6.54 Å². The molecule has 1 aliphatic rings. The number of nitrogens with zero attached hydrogens (tertiary/aromatic N) is 1. The number of rotatable bonds is 10. The molecule has 1 aliphatic heterocycles. The Morgan fingerprint density at radius 1 is 0.667 bits per heavy atom. The number of halogens is 16. The molecule has 1 heterocycles. The van der Waals surface area contributed by atoms with Crippen molar-refractivity contribution in [3.8, 4) is 0 Å². The maximum Gasteiger partial charge on any atom is 0.379 e. The second-order valence-corrected chi connectivity index (χ2v) is 7.96. The van der Waals surface area contributed by atoms with Gasteiger partial charge in [0.15, 0.2) is 0 Å². The van der Waals surface area contributed by atoms with Crippen molar-refractivity contribution in [1.29, 1.82) is 0 Å². The molecule has 0 saturated carbocycles. The van der Waals surface area contributed by atoms with Gasteiger partial charge < -0.3 is 0 Å². The Hall–Kier alpha value is -1.16. The van der Waals surface area contributed by atoms with Crippen LogP contribution >= 0.6 is 0 Å². The Balaban J connectivity index is 3.32. The van der Waals surface area contributed by atoms with Gasteiger partial charge >= 0.3 is 48.4 Å². The third kappa shape index (κ3) is 4.97. The summed E-state index contributed by atoms with van der Waals surface area (Å²) in [6.45, 7) is -3.09. The van der Waals surface area contributed by atoms with Crippen LogP contribution in [0.5, 0.6) is 0 Å². The van der Waals surface area contributed by atoms with Crippen LogP contribution in [0.25, 0.3) is 0 Å². The predicted octanol–water partition coefficient (Wildman–Crippen LogP) is 6.96. The predicted molar refractivity (Wildman–Crippen MR) is 80.1 cm³/mol. The van der Waals surface area contributed by atoms with E-state index in [1.807, 2.05) is 0 Å². The third-order valence-corrected chi connectivity index (χ3v) is 5.45. The van der Waals surface area contributed by atoms with Crippen LogP contribution in [0.15, 0.2) is 0 Å². The Morgan fingerprint density at radius 3 is 1.45 bits per heavy atom. The highest BCUT2D eigenvalue weighted by Crippen LogP contribution is 2.54. The van der Waals surface area contributed by atoms with E-state index in [0.29, 0.717) is 6.92 Å². The monoisotopic (exact) mass is 527 g/mol. The third-order valence-electron chi connectivity index (χ3n) is 5.45. The molecular weight excluding hydrogens is 510 g/mol. The van der Waals surface area contributed by atoms with Crippen LogP contribution in [-0.4, -0.2) is 71.9 Å². The molecule has 1 fully saturated rings. The van der Waals surface area contributed by atoms with Crippen molar-refractivity contribution >= 4 is 0 Å². The van der Waals surface area contributed by atoms with E-state index in [0.717, 1.165) is 0 Å². The largest absolute Gasteiger partial charge is 0.379 e. The molecule has 0 aromatic heterocycles. The fourth-order valence-electron chi connectivity index (χ4n) is 3.40. The molecule has 1 rings (SSSR count). The molecule has 1 atom stereocenters. The summed E-state index contributed by atoms with van der Waals surface area (Å²) < 4.78 is 212. The minimum atomic E-state index is -6.73. The Bertz CT molecular complexity index is 675. The molecule has 1 unspecified atom stereocenters. The molecule has 33 heavy (non-hydrogen) atoms. The number of alkyl halides is 16. The van der Waals surface area contributed by atoms with E-state index in [4.69, 9.17) is 0 Å². The summed E-state index contributed by atoms with van der Waals surface area (Å²) in [5.74, 6) is -38.7. The summed E-state index contributed by atoms with van der Waals surface area (Å²) in [6.07, 6.45) is -14.4. The molecule has 198 valence electrons. The van der Waals surface area contributed by atoms with Gasteiger partial charge in [0.25, 0.3) is 0 Å². The summed E-state index contributed by atoms with van der Waals surface area (Å²) >= 11 is 0. The van der Waals surface area contributed by atoms with Gasteiger partial charge in [0.1, 0.15) is 0 Å². The second-order valence-electron chi connectivity index (χ2n) is 7.96. The average Bonchev–Trinajstić information content (AvgIpc) is 2.62. The zero-order valence-electron chi connectivity index (χ0n) is 16.4. The highest BCUT2D eigenvalue weighted by molar-refractivity contribution is 5.06. The lowest BCUT2D eigenvalue weighted by molar-refractivity contribution is -0.350. The van der Waals surface area contributed by atoms with Crippen molar-refractivity contribution in [3.63, 3.8) is 0 Å². The van der Waals surface area contributed by atoms with E-state index in [-0.39, 0.29) is 17.7 Å². The fourth-order valence-corrected chi connectivity index (χ4v) is 3.40. The van der Waals surface area contributed by atoms with Gasteiger partial charge in [-0.3, -0.25) is 4.90 Å². The average molecular weight is 527 g/mol. The molecule has 0 aliphatic carbocycles. The van der Waals surface area contributed by atoms with Crippen LogP contribution in [0.2, 0.25) is 0 Å². The lowest BCUT2D eigenvalue weighted by atomic mass is 9.80. The minimum Gasteiger partial charge on any atom is -0.292 e. The second kappa shape index (κ2) is 8.81. The van der Waals surface area contributed by atoms with Crippen LogP contribution in [0, 0.1) is 0 Å². The maximum atomic E-state index is 14.1. The Morgan fingerprint density at radius 2 is 1.06 bits per heavy atom. The van der Waals surface area contributed by atoms with Crippen LogP contribution < -0.4 is 0 Å². The van der Waals surface area contributed by atoms with Gasteiger partial charge in [-0.05, 0) is 26.3 Å². The number of likely N-dealkylation sites (tertiary alicyclic amines) is 1. The molecule has 0 N–H and O–H groups in total. The lowest BCUT2D eigenvalue weighted by Crippen LogP contribution is -2.66. The first-order chi connectivity index (χ1) is 14.4. The number of hydrogen-bond acceptors (Lipinski definition) is 1. The topological polar surface area (TPSA) is 3.24 Å². The fraction of sp³-hybridized carbons (Fsp3) is 1.00. The van der Waals surface area contributed by atoms with Gasteiger partial charge in [0, 0.05) is 12.0 Å². The van der Waals surface area contributed by atoms with E-state index >= 15 is 0 Å². The molecule has 1 saturated heterocycles. The molecule has 0 bridgehead atoms. The number of piperidine rings is 1. The van der Waals surface area contributed by atoms with Gasteiger partial charge in [0.2, 0.25) is 0 Å². The summed E-state index contributed by atoms with van der Waals surface area (Å²) in [6, 6.07) is 0. The highest BCUT2D eigenvalue weighted by Gasteiger charge is 2.77. The van der Waals surface area contributed by atoms with Crippen molar-refractivity contribution in [1.82, 2.24) is 4.90 Å². The first-order valence-corrected chi connectivity index (χ1v) is 8.99. The van der Waals surface area contributed by atoms with E-state index in [1.54, 1.807) is 0 Å². The van der Waals surface area contributed by atoms with E-state index in [9.17, 15) is 70.2 Å². The number of hydrogen-bond donors (Lipinski definition) is 0. The lowest BCUT2D eigenvalue weighted by Gasteiger charge is -2.49. The SMILES string of the molecule is CC1(CC(F)(F)C(F)(F)C(F)(F)C(F)F)CCCCN1CC(F)(F)C(F)(F)C(F)(F)C(F)F. The highest BCUT2D eigenvalue weighted by atomic mass is 19.4. The Labute approximate surface area is 176 Å². The zero-order chi connectivity index (χ0) is 26.5. The zero-order valence-corrected chi connectivity index (χ0v) is 16.4. The normalized spacial score (nSPS) is 23.0. The molecule has 0 spiro atoms. The van der Waals surface area contributed by atoms with E-state index in [1.165, 1.54) is 0 Å². The van der Waals surface area contributed by atoms with Crippen molar-refractivity contribution in [2.45, 2.75) is 86.5 Å². The van der Waals surface area contributed by atoms with Crippen LogP contribution in [0.3, 0.4) is 0 Å². The quantitative estimate of drug-likeness (QED) is 0.278. The van der Waals surface area contributed by atoms with Crippen LogP contribution in [-0.2, 0) is 0 Å². The molecule has 17 heteroatoms. The molecular formula is C16H17F16N. The first-order valence-electron chi connectivity index (χ1n) is 8.99. The molecule has 0 radical (unpaired) electrons. The van der Waals surface area contributed by atoms with Gasteiger partial charge in [-0.2, -0.15) is 52.7 Å². The van der Waals surface area contributed by atoms with Gasteiger partial charge in [-0.15, -0.1) is 0 Å². The Kier molecular flexibility index (Phi) is 7.97. The van der Waals surface area contributed by atoms with Crippen molar-refractivity contribution in [3.05, 3.63) is 0 Å². The van der Waals surface area contributed by atoms with E-state index < -0.39 is 79.9 Å². The molecule has 0 aromatic rings. The summed E-state index contributed by atoms with van der Waals surface area (Å²) in [5, 5.41) is 0. The van der Waals surface area contributed by atoms with Gasteiger partial charge in [-0.1, -0.05) is 6.42 Å². The van der Waals surface area contributed by atoms with E-state index in [2.05, 4.69) is 0 Å². The smallest absolute Gasteiger partial charge is 0.292 e. The minimum absolute atomic E-state index is 0.129. The maximum absolute atomic E-state index is 14.1. The van der Waals surface area contributed by atoms with Crippen molar-refractivity contribution < 1.29 is 70.2 Å². The van der Waals surface area contributed by atoms with Crippen LogP contribution in [0.4, 0.5) is 70.2 Å². The van der Waals surface area contributed by atoms with Crippen molar-refractivity contribution in [2.75, 3.05) is 13.1 Å². The molecule has 1 nitrogen and oxygen atoms in total. The molecule has 0 aromatic carbocycles. The summed E-state index contributed by atoms with van der Waals surface area (Å²) in [5.41, 5.74) is -2.79. The van der Waals surface area contributed by atoms with Gasteiger partial charge in [-0.25, -0.2) is 17.6 Å².